The molecule has 1 aromatic rings. The van der Waals surface area contributed by atoms with Gasteiger partial charge in [0.1, 0.15) is 0 Å². The average Bonchev–Trinajstić information content (AvgIpc) is 2.06. The molecule has 0 aromatic heterocycles. The van der Waals surface area contributed by atoms with Crippen LogP contribution in [-0.2, 0) is 16.8 Å². The maximum Gasteiger partial charge on any atom is 0.382 e. The van der Waals surface area contributed by atoms with Gasteiger partial charge in [0.15, 0.2) is 5.75 Å². The molecule has 0 radical (unpaired) electrons. The van der Waals surface area contributed by atoms with Gasteiger partial charge in [0, 0.05) is 16.6 Å². The monoisotopic (exact) mass is 277 g/mol. The largest absolute Gasteiger partial charge is 0.382 e. The average molecular weight is 278 g/mol. The Labute approximate surface area is 90.7 Å². The van der Waals surface area contributed by atoms with E-state index >= 15 is 0 Å². The molecule has 0 amide bonds. The van der Waals surface area contributed by atoms with Crippen LogP contribution in [0.15, 0.2) is 16.6 Å². The van der Waals surface area contributed by atoms with Crippen LogP contribution in [0.5, 0.6) is 5.75 Å². The van der Waals surface area contributed by atoms with Gasteiger partial charge in [0.05, 0.1) is 0 Å². The van der Waals surface area contributed by atoms with Gasteiger partial charge in [-0.1, -0.05) is 15.9 Å². The molecule has 0 saturated carbocycles. The molecule has 0 unspecified atom stereocenters. The lowest BCUT2D eigenvalue weighted by molar-refractivity contribution is 0.451. The van der Waals surface area contributed by atoms with Gasteiger partial charge < -0.3 is 4.18 Å². The summed E-state index contributed by atoms with van der Waals surface area (Å²) in [6.45, 7) is 2.09. The molecule has 0 aliphatic carbocycles. The molecule has 76 valence electrons. The first-order valence-corrected chi connectivity index (χ1v) is 6.16. The summed E-state index contributed by atoms with van der Waals surface area (Å²) in [6.07, 6.45) is 0. The van der Waals surface area contributed by atoms with E-state index in [2.05, 4.69) is 20.7 Å². The lowest BCUT2D eigenvalue weighted by Gasteiger charge is -2.19. The number of aryl methyl sites for hydroxylation is 1. The highest BCUT2D eigenvalue weighted by atomic mass is 79.9. The minimum Gasteiger partial charge on any atom is -0.370 e. The summed E-state index contributed by atoms with van der Waals surface area (Å²) in [5.41, 5.74) is 1.64. The fourth-order valence-corrected chi connectivity index (χ4v) is 2.82. The first-order chi connectivity index (χ1) is 6.48. The number of halogens is 1. The Morgan fingerprint density at radius 3 is 2.93 bits per heavy atom. The molecule has 0 fully saturated rings. The van der Waals surface area contributed by atoms with Crippen molar-refractivity contribution in [2.24, 2.45) is 0 Å². The second-order valence-corrected chi connectivity index (χ2v) is 5.35. The van der Waals surface area contributed by atoms with Crippen molar-refractivity contribution in [1.29, 1.82) is 0 Å². The Balaban J connectivity index is 2.58. The highest BCUT2D eigenvalue weighted by molar-refractivity contribution is 9.10. The maximum absolute atomic E-state index is 11.1. The molecule has 0 bridgehead atoms. The van der Waals surface area contributed by atoms with Crippen LogP contribution in [0, 0.1) is 6.92 Å². The van der Waals surface area contributed by atoms with Gasteiger partial charge in [-0.25, -0.2) is 0 Å². The van der Waals surface area contributed by atoms with Crippen molar-refractivity contribution in [1.82, 2.24) is 4.72 Å². The number of rotatable bonds is 0. The van der Waals surface area contributed by atoms with Crippen molar-refractivity contribution >= 4 is 26.2 Å². The van der Waals surface area contributed by atoms with Gasteiger partial charge in [-0.3, -0.25) is 0 Å². The Hall–Kier alpha value is -0.590. The third-order valence-corrected chi connectivity index (χ3v) is 3.29. The first kappa shape index (κ1) is 9.95. The maximum atomic E-state index is 11.1. The molecule has 1 aliphatic heterocycles. The smallest absolute Gasteiger partial charge is 0.370 e. The molecule has 0 spiro atoms. The van der Waals surface area contributed by atoms with E-state index in [0.29, 0.717) is 5.75 Å². The Morgan fingerprint density at radius 1 is 1.50 bits per heavy atom. The second-order valence-electron chi connectivity index (χ2n) is 3.07. The minimum atomic E-state index is -3.60. The molecule has 1 N–H and O–H groups in total. The van der Waals surface area contributed by atoms with Gasteiger partial charge in [0.2, 0.25) is 0 Å². The molecule has 0 atom stereocenters. The van der Waals surface area contributed by atoms with Gasteiger partial charge in [-0.15, -0.1) is 0 Å². The van der Waals surface area contributed by atoms with E-state index in [1.807, 2.05) is 19.1 Å². The Morgan fingerprint density at radius 2 is 2.21 bits per heavy atom. The fraction of sp³-hybridized carbons (Fsp3) is 0.250. The van der Waals surface area contributed by atoms with E-state index in [0.717, 1.165) is 15.6 Å². The van der Waals surface area contributed by atoms with Gasteiger partial charge in [-0.2, -0.15) is 13.1 Å². The highest BCUT2D eigenvalue weighted by Gasteiger charge is 2.23. The second kappa shape index (κ2) is 3.22. The molecule has 2 rings (SSSR count). The normalized spacial score (nSPS) is 18.4. The van der Waals surface area contributed by atoms with Crippen LogP contribution in [0.4, 0.5) is 0 Å². The number of hydrogen-bond acceptors (Lipinski definition) is 3. The van der Waals surface area contributed by atoms with Crippen molar-refractivity contribution < 1.29 is 12.6 Å². The summed E-state index contributed by atoms with van der Waals surface area (Å²) in [5.74, 6) is 0.437. The molecule has 6 heteroatoms. The topological polar surface area (TPSA) is 55.4 Å². The fourth-order valence-electron chi connectivity index (χ4n) is 1.36. The standard InChI is InChI=1S/C8H8BrNO3S/c1-5-2-7(9)3-6-4-10-14(11,12)13-8(5)6/h2-3,10H,4H2,1H3. The van der Waals surface area contributed by atoms with Crippen LogP contribution in [0.3, 0.4) is 0 Å². The summed E-state index contributed by atoms with van der Waals surface area (Å²) in [6, 6.07) is 3.66. The SMILES string of the molecule is Cc1cc(Br)cc2c1OS(=O)(=O)NC2. The van der Waals surface area contributed by atoms with Gasteiger partial charge in [0.25, 0.3) is 0 Å². The van der Waals surface area contributed by atoms with E-state index in [9.17, 15) is 8.42 Å². The molecule has 1 aliphatic rings. The molecule has 14 heavy (non-hydrogen) atoms. The molecule has 4 nitrogen and oxygen atoms in total. The molecule has 0 saturated heterocycles. The summed E-state index contributed by atoms with van der Waals surface area (Å²) >= 11 is 3.34. The zero-order valence-electron chi connectivity index (χ0n) is 7.37. The molecular formula is C8H8BrNO3S. The predicted molar refractivity (Wildman–Crippen MR) is 55.3 cm³/mol. The van der Waals surface area contributed by atoms with Crippen LogP contribution < -0.4 is 8.91 Å². The number of nitrogens with one attached hydrogen (secondary N) is 1. The van der Waals surface area contributed by atoms with Crippen LogP contribution >= 0.6 is 15.9 Å². The lowest BCUT2D eigenvalue weighted by atomic mass is 10.1. The Bertz CT molecular complexity index is 484. The molecule has 1 heterocycles. The van der Waals surface area contributed by atoms with E-state index < -0.39 is 10.3 Å². The molecule has 1 aromatic carbocycles. The number of benzene rings is 1. The zero-order valence-corrected chi connectivity index (χ0v) is 9.78. The quantitative estimate of drug-likeness (QED) is 0.782. The van der Waals surface area contributed by atoms with Gasteiger partial charge in [-0.05, 0) is 24.6 Å². The van der Waals surface area contributed by atoms with E-state index in [-0.39, 0.29) is 6.54 Å². The molecular weight excluding hydrogens is 270 g/mol. The highest BCUT2D eigenvalue weighted by Crippen LogP contribution is 2.31. The number of hydrogen-bond donors (Lipinski definition) is 1. The summed E-state index contributed by atoms with van der Waals surface area (Å²) in [7, 11) is -3.60. The van der Waals surface area contributed by atoms with Crippen molar-refractivity contribution in [3.8, 4) is 5.75 Å². The van der Waals surface area contributed by atoms with Crippen molar-refractivity contribution in [3.05, 3.63) is 27.7 Å². The van der Waals surface area contributed by atoms with E-state index in [4.69, 9.17) is 4.18 Å². The van der Waals surface area contributed by atoms with E-state index in [1.165, 1.54) is 0 Å². The van der Waals surface area contributed by atoms with Crippen molar-refractivity contribution in [2.45, 2.75) is 13.5 Å². The summed E-state index contributed by atoms with van der Waals surface area (Å²) in [4.78, 5) is 0. The summed E-state index contributed by atoms with van der Waals surface area (Å²) < 4.78 is 30.3. The van der Waals surface area contributed by atoms with Crippen molar-refractivity contribution in [2.75, 3.05) is 0 Å². The zero-order chi connectivity index (χ0) is 10.3. The lowest BCUT2D eigenvalue weighted by Crippen LogP contribution is -2.32. The van der Waals surface area contributed by atoms with Crippen LogP contribution in [0.2, 0.25) is 0 Å². The first-order valence-electron chi connectivity index (χ1n) is 3.96. The van der Waals surface area contributed by atoms with Crippen LogP contribution in [0.1, 0.15) is 11.1 Å². The number of fused-ring (bicyclic) bond motifs is 1. The Kier molecular flexibility index (Phi) is 2.29. The summed E-state index contributed by atoms with van der Waals surface area (Å²) in [5, 5.41) is 0. The van der Waals surface area contributed by atoms with E-state index in [1.54, 1.807) is 0 Å². The van der Waals surface area contributed by atoms with Gasteiger partial charge >= 0.3 is 10.3 Å². The van der Waals surface area contributed by atoms with Crippen LogP contribution in [0.25, 0.3) is 0 Å². The minimum absolute atomic E-state index is 0.276. The van der Waals surface area contributed by atoms with Crippen molar-refractivity contribution in [3.63, 3.8) is 0 Å². The third kappa shape index (κ3) is 1.77. The predicted octanol–water partition coefficient (Wildman–Crippen LogP) is 1.48. The van der Waals surface area contributed by atoms with Crippen LogP contribution in [-0.4, -0.2) is 8.42 Å². The third-order valence-electron chi connectivity index (χ3n) is 1.95.